The molecule has 0 atom stereocenters. The van der Waals surface area contributed by atoms with Gasteiger partial charge < -0.3 is 5.73 Å². The van der Waals surface area contributed by atoms with E-state index in [2.05, 4.69) is 23.8 Å². The number of aryl methyl sites for hydroxylation is 1. The highest BCUT2D eigenvalue weighted by Gasteiger charge is 2.28. The zero-order valence-corrected chi connectivity index (χ0v) is 17.5. The van der Waals surface area contributed by atoms with E-state index >= 15 is 0 Å². The second-order valence-corrected chi connectivity index (χ2v) is 8.19. The van der Waals surface area contributed by atoms with Crippen molar-refractivity contribution >= 4 is 22.6 Å². The van der Waals surface area contributed by atoms with Gasteiger partial charge in [0.05, 0.1) is 10.9 Å². The molecule has 2 N–H and O–H groups in total. The van der Waals surface area contributed by atoms with Crippen LogP contribution in [0.2, 0.25) is 0 Å². The largest absolute Gasteiger partial charge is 0.383 e. The molecule has 4 aromatic rings. The zero-order valence-electron chi connectivity index (χ0n) is 17.5. The summed E-state index contributed by atoms with van der Waals surface area (Å²) in [7, 11) is 0. The van der Waals surface area contributed by atoms with Gasteiger partial charge in [-0.25, -0.2) is 14.6 Å². The van der Waals surface area contributed by atoms with Crippen molar-refractivity contribution in [2.75, 3.05) is 5.73 Å². The maximum atomic E-state index is 12.6. The number of Topliss-reactive ketones (excluding diaryl/α,β-unsaturated/α-hetero) is 1. The molecule has 0 saturated carbocycles. The number of hydrogen-bond donors (Lipinski definition) is 1. The van der Waals surface area contributed by atoms with Gasteiger partial charge in [0.25, 0.3) is 0 Å². The van der Waals surface area contributed by atoms with E-state index in [1.54, 1.807) is 0 Å². The van der Waals surface area contributed by atoms with Crippen LogP contribution in [-0.2, 0) is 5.54 Å². The fourth-order valence-corrected chi connectivity index (χ4v) is 3.60. The minimum absolute atomic E-state index is 0.119. The van der Waals surface area contributed by atoms with Crippen LogP contribution >= 0.6 is 0 Å². The summed E-state index contributed by atoms with van der Waals surface area (Å²) in [6, 6.07) is 17.5. The number of hydrogen-bond acceptors (Lipinski definition) is 5. The van der Waals surface area contributed by atoms with E-state index in [-0.39, 0.29) is 5.78 Å². The minimum atomic E-state index is -0.438. The number of nitrogen functional groups attached to an aromatic ring is 1. The van der Waals surface area contributed by atoms with Crippen molar-refractivity contribution in [1.82, 2.24) is 19.7 Å². The second kappa shape index (κ2) is 7.71. The molecular weight excluding hydrogens is 374 g/mol. The summed E-state index contributed by atoms with van der Waals surface area (Å²) in [5.74, 6) is 0.519. The van der Waals surface area contributed by atoms with Crippen molar-refractivity contribution in [3.05, 3.63) is 72.1 Å². The average Bonchev–Trinajstić information content (AvgIpc) is 3.15. The summed E-state index contributed by atoms with van der Waals surface area (Å²) in [4.78, 5) is 21.3. The van der Waals surface area contributed by atoms with Crippen molar-refractivity contribution < 1.29 is 4.79 Å². The lowest BCUT2D eigenvalue weighted by Gasteiger charge is -2.25. The Balaban J connectivity index is 1.72. The number of anilines is 1. The maximum absolute atomic E-state index is 12.6. The molecule has 0 amide bonds. The molecule has 0 spiro atoms. The highest BCUT2D eigenvalue weighted by Crippen LogP contribution is 2.34. The third-order valence-corrected chi connectivity index (χ3v) is 5.45. The van der Waals surface area contributed by atoms with Gasteiger partial charge in [0.1, 0.15) is 17.8 Å². The molecule has 0 radical (unpaired) electrons. The quantitative estimate of drug-likeness (QED) is 0.471. The van der Waals surface area contributed by atoms with E-state index < -0.39 is 5.54 Å². The first-order valence-electron chi connectivity index (χ1n) is 10.0. The molecule has 0 saturated heterocycles. The number of carbonyl (C=O) groups is 1. The zero-order chi connectivity index (χ0) is 21.3. The molecule has 4 rings (SSSR count). The number of nitrogens with zero attached hydrogens (tertiary/aromatic N) is 4. The van der Waals surface area contributed by atoms with Crippen LogP contribution in [0.5, 0.6) is 0 Å². The highest BCUT2D eigenvalue weighted by atomic mass is 16.1. The van der Waals surface area contributed by atoms with Gasteiger partial charge >= 0.3 is 0 Å². The average molecular weight is 399 g/mol. The standard InChI is InChI=1S/C24H25N5O/c1-16-9-11-18(12-10-16)21-20-22(25)26-15-27-23(20)29(28-21)24(2,3)14-13-19(30)17-7-5-4-6-8-17/h4-12,15H,13-14H2,1-3H3,(H2,25,26,27). The highest BCUT2D eigenvalue weighted by molar-refractivity contribution is 5.98. The van der Waals surface area contributed by atoms with Crippen molar-refractivity contribution in [2.24, 2.45) is 0 Å². The van der Waals surface area contributed by atoms with Crippen molar-refractivity contribution in [3.8, 4) is 11.3 Å². The fourth-order valence-electron chi connectivity index (χ4n) is 3.60. The number of carbonyl (C=O) groups excluding carboxylic acids is 1. The summed E-state index contributed by atoms with van der Waals surface area (Å²) in [5.41, 5.74) is 10.1. The van der Waals surface area contributed by atoms with Crippen LogP contribution in [0.25, 0.3) is 22.3 Å². The molecule has 0 aliphatic rings. The van der Waals surface area contributed by atoms with Gasteiger partial charge in [-0.05, 0) is 27.2 Å². The molecule has 152 valence electrons. The topological polar surface area (TPSA) is 86.7 Å². The molecule has 0 unspecified atom stereocenters. The van der Waals surface area contributed by atoms with Crippen molar-refractivity contribution in [3.63, 3.8) is 0 Å². The normalized spacial score (nSPS) is 11.7. The lowest BCUT2D eigenvalue weighted by atomic mass is 9.95. The summed E-state index contributed by atoms with van der Waals surface area (Å²) in [6.07, 6.45) is 2.49. The van der Waals surface area contributed by atoms with Crippen molar-refractivity contribution in [2.45, 2.75) is 39.2 Å². The number of benzene rings is 2. The number of ketones is 1. The third kappa shape index (κ3) is 3.68. The monoisotopic (exact) mass is 399 g/mol. The van der Waals surface area contributed by atoms with E-state index in [1.807, 2.05) is 66.2 Å². The first-order valence-corrected chi connectivity index (χ1v) is 10.0. The first kappa shape index (κ1) is 19.8. The van der Waals surface area contributed by atoms with Gasteiger partial charge in [-0.15, -0.1) is 0 Å². The van der Waals surface area contributed by atoms with E-state index in [1.165, 1.54) is 11.9 Å². The van der Waals surface area contributed by atoms with Gasteiger partial charge in [0.2, 0.25) is 0 Å². The lowest BCUT2D eigenvalue weighted by Crippen LogP contribution is -2.28. The van der Waals surface area contributed by atoms with E-state index in [0.717, 1.165) is 22.2 Å². The van der Waals surface area contributed by atoms with E-state index in [9.17, 15) is 4.79 Å². The minimum Gasteiger partial charge on any atom is -0.383 e. The molecule has 6 heteroatoms. The lowest BCUT2D eigenvalue weighted by molar-refractivity contribution is 0.0963. The molecular formula is C24H25N5O. The molecule has 30 heavy (non-hydrogen) atoms. The number of rotatable bonds is 6. The Morgan fingerprint density at radius 2 is 1.73 bits per heavy atom. The van der Waals surface area contributed by atoms with Gasteiger partial charge in [-0.3, -0.25) is 4.79 Å². The van der Waals surface area contributed by atoms with Gasteiger partial charge in [0, 0.05) is 17.5 Å². The summed E-state index contributed by atoms with van der Waals surface area (Å²) >= 11 is 0. The van der Waals surface area contributed by atoms with Crippen LogP contribution in [0, 0.1) is 6.92 Å². The predicted molar refractivity (Wildman–Crippen MR) is 119 cm³/mol. The van der Waals surface area contributed by atoms with E-state index in [0.29, 0.717) is 24.3 Å². The molecule has 0 fully saturated rings. The van der Waals surface area contributed by atoms with Crippen LogP contribution in [0.4, 0.5) is 5.82 Å². The van der Waals surface area contributed by atoms with Gasteiger partial charge in [0.15, 0.2) is 11.4 Å². The Hall–Kier alpha value is -3.54. The SMILES string of the molecule is Cc1ccc(-c2nn(C(C)(C)CCC(=O)c3ccccc3)c3ncnc(N)c23)cc1. The Morgan fingerprint density at radius 1 is 1.03 bits per heavy atom. The molecule has 0 aliphatic heterocycles. The summed E-state index contributed by atoms with van der Waals surface area (Å²) in [5, 5.41) is 5.63. The summed E-state index contributed by atoms with van der Waals surface area (Å²) < 4.78 is 1.88. The fraction of sp³-hybridized carbons (Fsp3) is 0.250. The van der Waals surface area contributed by atoms with Crippen LogP contribution in [-0.4, -0.2) is 25.5 Å². The first-order chi connectivity index (χ1) is 14.4. The smallest absolute Gasteiger partial charge is 0.164 e. The number of fused-ring (bicyclic) bond motifs is 1. The third-order valence-electron chi connectivity index (χ3n) is 5.45. The van der Waals surface area contributed by atoms with Gasteiger partial charge in [-0.1, -0.05) is 60.2 Å². The molecule has 0 aliphatic carbocycles. The Morgan fingerprint density at radius 3 is 2.43 bits per heavy atom. The van der Waals surface area contributed by atoms with Crippen LogP contribution in [0.3, 0.4) is 0 Å². The summed E-state index contributed by atoms with van der Waals surface area (Å²) in [6.45, 7) is 6.18. The van der Waals surface area contributed by atoms with E-state index in [4.69, 9.17) is 10.8 Å². The second-order valence-electron chi connectivity index (χ2n) is 8.19. The van der Waals surface area contributed by atoms with Crippen LogP contribution in [0.15, 0.2) is 60.9 Å². The Labute approximate surface area is 175 Å². The van der Waals surface area contributed by atoms with Gasteiger partial charge in [-0.2, -0.15) is 5.10 Å². The Kier molecular flexibility index (Phi) is 5.08. The molecule has 2 aromatic carbocycles. The Bertz CT molecular complexity index is 1190. The van der Waals surface area contributed by atoms with Crippen LogP contribution < -0.4 is 5.73 Å². The molecule has 2 aromatic heterocycles. The number of aromatic nitrogens is 4. The maximum Gasteiger partial charge on any atom is 0.164 e. The molecule has 0 bridgehead atoms. The van der Waals surface area contributed by atoms with Crippen molar-refractivity contribution in [1.29, 1.82) is 0 Å². The number of nitrogens with two attached hydrogens (primary N) is 1. The van der Waals surface area contributed by atoms with Crippen LogP contribution in [0.1, 0.15) is 42.6 Å². The molecule has 6 nitrogen and oxygen atoms in total. The molecule has 2 heterocycles. The predicted octanol–water partition coefficient (Wildman–Crippen LogP) is 4.78.